The van der Waals surface area contributed by atoms with Crippen LogP contribution in [0.4, 0.5) is 10.8 Å². The summed E-state index contributed by atoms with van der Waals surface area (Å²) in [4.78, 5) is 17.7. The maximum Gasteiger partial charge on any atom is 0.248 e. The minimum Gasteiger partial charge on any atom is -0.374 e. The molecular weight excluding hydrogens is 282 g/mol. The number of nitrogens with zero attached hydrogens (tertiary/aromatic N) is 1. The molecule has 0 saturated heterocycles. The third-order valence-corrected chi connectivity index (χ3v) is 4.25. The lowest BCUT2D eigenvalue weighted by Crippen LogP contribution is -2.31. The van der Waals surface area contributed by atoms with Crippen molar-refractivity contribution < 1.29 is 4.79 Å². The van der Waals surface area contributed by atoms with E-state index in [0.717, 1.165) is 16.3 Å². The number of anilines is 2. The van der Waals surface area contributed by atoms with Crippen molar-refractivity contribution in [3.63, 3.8) is 0 Å². The molecule has 0 aliphatic carbocycles. The van der Waals surface area contributed by atoms with E-state index >= 15 is 0 Å². The largest absolute Gasteiger partial charge is 0.374 e. The molecule has 1 aromatic carbocycles. The van der Waals surface area contributed by atoms with Crippen molar-refractivity contribution in [2.45, 2.75) is 40.7 Å². The van der Waals surface area contributed by atoms with E-state index in [4.69, 9.17) is 0 Å². The third kappa shape index (κ3) is 4.04. The molecule has 0 aliphatic rings. The Bertz CT molecular complexity index is 624. The maximum atomic E-state index is 12.2. The van der Waals surface area contributed by atoms with Crippen molar-refractivity contribution in [3.05, 3.63) is 39.9 Å². The molecule has 1 amide bonds. The summed E-state index contributed by atoms with van der Waals surface area (Å²) in [5, 5.41) is 6.75. The van der Waals surface area contributed by atoms with E-state index in [1.54, 1.807) is 0 Å². The number of aryl methyl sites for hydroxylation is 4. The van der Waals surface area contributed by atoms with Crippen molar-refractivity contribution >= 4 is 28.1 Å². The van der Waals surface area contributed by atoms with Gasteiger partial charge in [0.15, 0.2) is 5.13 Å². The smallest absolute Gasteiger partial charge is 0.248 e. The quantitative estimate of drug-likeness (QED) is 0.903. The summed E-state index contributed by atoms with van der Waals surface area (Å²) < 4.78 is 0. The van der Waals surface area contributed by atoms with E-state index in [-0.39, 0.29) is 11.9 Å². The second-order valence-electron chi connectivity index (χ2n) is 5.39. The molecule has 0 saturated carbocycles. The van der Waals surface area contributed by atoms with Crippen LogP contribution in [0, 0.1) is 27.7 Å². The number of thiazole rings is 1. The molecule has 0 unspecified atom stereocenters. The number of amides is 1. The lowest BCUT2D eigenvalue weighted by molar-refractivity contribution is -0.116. The van der Waals surface area contributed by atoms with Crippen LogP contribution >= 0.6 is 11.3 Å². The third-order valence-electron chi connectivity index (χ3n) is 3.26. The number of hydrogen-bond acceptors (Lipinski definition) is 4. The first kappa shape index (κ1) is 15.5. The first-order valence-electron chi connectivity index (χ1n) is 6.95. The molecule has 21 heavy (non-hydrogen) atoms. The molecule has 0 radical (unpaired) electrons. The van der Waals surface area contributed by atoms with Gasteiger partial charge in [0, 0.05) is 10.6 Å². The summed E-state index contributed by atoms with van der Waals surface area (Å²) in [6, 6.07) is 5.86. The highest BCUT2D eigenvalue weighted by Gasteiger charge is 2.15. The molecule has 0 fully saturated rings. The molecule has 0 spiro atoms. The number of rotatable bonds is 4. The van der Waals surface area contributed by atoms with Crippen LogP contribution in [0.25, 0.3) is 0 Å². The Kier molecular flexibility index (Phi) is 4.63. The molecule has 5 heteroatoms. The van der Waals surface area contributed by atoms with E-state index in [1.807, 2.05) is 46.8 Å². The second kappa shape index (κ2) is 6.26. The molecule has 1 atom stereocenters. The number of carbonyl (C=O) groups excluding carboxylic acids is 1. The molecule has 2 N–H and O–H groups in total. The van der Waals surface area contributed by atoms with Crippen molar-refractivity contribution in [3.8, 4) is 0 Å². The van der Waals surface area contributed by atoms with Gasteiger partial charge in [-0.3, -0.25) is 4.79 Å². The van der Waals surface area contributed by atoms with Crippen LogP contribution in [0.1, 0.15) is 28.6 Å². The standard InChI is InChI=1S/C16H21N3OS/c1-9-6-10(2)8-14(7-9)17-12(4)15(20)19-16-18-11(3)13(5)21-16/h6-8,12,17H,1-5H3,(H,18,19,20)/t12-/m1/s1. The molecule has 2 aromatic rings. The Balaban J connectivity index is 2.02. The normalized spacial score (nSPS) is 12.0. The van der Waals surface area contributed by atoms with Gasteiger partial charge in [-0.1, -0.05) is 6.07 Å². The monoisotopic (exact) mass is 303 g/mol. The fourth-order valence-corrected chi connectivity index (χ4v) is 2.93. The van der Waals surface area contributed by atoms with Gasteiger partial charge < -0.3 is 10.6 Å². The predicted octanol–water partition coefficient (Wildman–Crippen LogP) is 3.82. The highest BCUT2D eigenvalue weighted by Crippen LogP contribution is 2.21. The summed E-state index contributed by atoms with van der Waals surface area (Å²) in [6.45, 7) is 9.88. The van der Waals surface area contributed by atoms with Crippen molar-refractivity contribution in [2.75, 3.05) is 10.6 Å². The molecule has 112 valence electrons. The topological polar surface area (TPSA) is 54.0 Å². The van der Waals surface area contributed by atoms with Gasteiger partial charge in [-0.15, -0.1) is 11.3 Å². The summed E-state index contributed by atoms with van der Waals surface area (Å²) in [5.74, 6) is -0.0806. The summed E-state index contributed by atoms with van der Waals surface area (Å²) >= 11 is 1.50. The zero-order valence-corrected chi connectivity index (χ0v) is 13.9. The molecule has 4 nitrogen and oxygen atoms in total. The number of nitrogens with one attached hydrogen (secondary N) is 2. The van der Waals surface area contributed by atoms with Gasteiger partial charge >= 0.3 is 0 Å². The Morgan fingerprint density at radius 2 is 1.76 bits per heavy atom. The minimum absolute atomic E-state index is 0.0806. The average Bonchev–Trinajstić information content (AvgIpc) is 2.66. The van der Waals surface area contributed by atoms with Gasteiger partial charge in [-0.05, 0) is 57.9 Å². The number of hydrogen-bond donors (Lipinski definition) is 2. The van der Waals surface area contributed by atoms with Crippen LogP contribution in [-0.4, -0.2) is 16.9 Å². The average molecular weight is 303 g/mol. The molecule has 2 rings (SSSR count). The molecular formula is C16H21N3OS. The van der Waals surface area contributed by atoms with Gasteiger partial charge in [0.2, 0.25) is 5.91 Å². The number of benzene rings is 1. The number of carbonyl (C=O) groups is 1. The van der Waals surface area contributed by atoms with Crippen molar-refractivity contribution in [2.24, 2.45) is 0 Å². The molecule has 1 aromatic heterocycles. The highest BCUT2D eigenvalue weighted by atomic mass is 32.1. The SMILES string of the molecule is Cc1cc(C)cc(N[C@H](C)C(=O)Nc2nc(C)c(C)s2)c1. The van der Waals surface area contributed by atoms with Gasteiger partial charge in [0.05, 0.1) is 5.69 Å². The highest BCUT2D eigenvalue weighted by molar-refractivity contribution is 7.15. The van der Waals surface area contributed by atoms with E-state index in [2.05, 4.69) is 21.7 Å². The Labute approximate surface area is 129 Å². The minimum atomic E-state index is -0.323. The van der Waals surface area contributed by atoms with E-state index in [0.29, 0.717) is 5.13 Å². The fraction of sp³-hybridized carbons (Fsp3) is 0.375. The Morgan fingerprint density at radius 3 is 2.29 bits per heavy atom. The van der Waals surface area contributed by atoms with E-state index in [9.17, 15) is 4.79 Å². The van der Waals surface area contributed by atoms with Crippen LogP contribution in [-0.2, 0) is 4.79 Å². The Morgan fingerprint density at radius 1 is 1.14 bits per heavy atom. The fourth-order valence-electron chi connectivity index (χ4n) is 2.11. The van der Waals surface area contributed by atoms with Crippen molar-refractivity contribution in [1.82, 2.24) is 4.98 Å². The summed E-state index contributed by atoms with van der Waals surface area (Å²) in [7, 11) is 0. The van der Waals surface area contributed by atoms with Crippen LogP contribution in [0.15, 0.2) is 18.2 Å². The lowest BCUT2D eigenvalue weighted by atomic mass is 10.1. The first-order valence-corrected chi connectivity index (χ1v) is 7.76. The van der Waals surface area contributed by atoms with Gasteiger partial charge in [-0.2, -0.15) is 0 Å². The predicted molar refractivity (Wildman–Crippen MR) is 89.2 cm³/mol. The Hall–Kier alpha value is -1.88. The zero-order valence-electron chi connectivity index (χ0n) is 13.1. The zero-order chi connectivity index (χ0) is 15.6. The maximum absolute atomic E-state index is 12.2. The van der Waals surface area contributed by atoms with Gasteiger partial charge in [-0.25, -0.2) is 4.98 Å². The second-order valence-corrected chi connectivity index (χ2v) is 6.60. The van der Waals surface area contributed by atoms with Crippen LogP contribution in [0.5, 0.6) is 0 Å². The lowest BCUT2D eigenvalue weighted by Gasteiger charge is -2.15. The first-order chi connectivity index (χ1) is 9.85. The molecule has 0 bridgehead atoms. The molecule has 0 aliphatic heterocycles. The summed E-state index contributed by atoms with van der Waals surface area (Å²) in [5.41, 5.74) is 4.28. The van der Waals surface area contributed by atoms with E-state index in [1.165, 1.54) is 22.5 Å². The summed E-state index contributed by atoms with van der Waals surface area (Å²) in [6.07, 6.45) is 0. The van der Waals surface area contributed by atoms with Crippen LogP contribution in [0.2, 0.25) is 0 Å². The van der Waals surface area contributed by atoms with E-state index < -0.39 is 0 Å². The van der Waals surface area contributed by atoms with Gasteiger partial charge in [0.25, 0.3) is 0 Å². The van der Waals surface area contributed by atoms with Crippen molar-refractivity contribution in [1.29, 1.82) is 0 Å². The molecule has 1 heterocycles. The van der Waals surface area contributed by atoms with Gasteiger partial charge in [0.1, 0.15) is 6.04 Å². The van der Waals surface area contributed by atoms with Crippen LogP contribution in [0.3, 0.4) is 0 Å². The number of aromatic nitrogens is 1. The van der Waals surface area contributed by atoms with Crippen LogP contribution < -0.4 is 10.6 Å².